The molecule has 0 saturated carbocycles. The molecule has 0 bridgehead atoms. The summed E-state index contributed by atoms with van der Waals surface area (Å²) in [5.41, 5.74) is 19.4. The molecule has 12 rings (SSSR count). The topological polar surface area (TPSA) is 16.4 Å². The first-order valence-electron chi connectivity index (χ1n) is 20.3. The van der Waals surface area contributed by atoms with E-state index >= 15 is 0 Å². The fourth-order valence-corrected chi connectivity index (χ4v) is 9.92. The Bertz CT molecular complexity index is 3210. The molecule has 9 aromatic carbocycles. The molecule has 0 radical (unpaired) electrons. The zero-order valence-electron chi connectivity index (χ0n) is 32.2. The van der Waals surface area contributed by atoms with Crippen LogP contribution in [-0.2, 0) is 5.41 Å². The number of para-hydroxylation sites is 2. The number of benzene rings is 9. The number of rotatable bonds is 5. The van der Waals surface area contributed by atoms with Crippen LogP contribution in [-0.4, -0.2) is 0 Å². The Morgan fingerprint density at radius 2 is 0.864 bits per heavy atom. The molecule has 2 nitrogen and oxygen atoms in total. The molecule has 0 unspecified atom stereocenters. The molecule has 0 amide bonds. The van der Waals surface area contributed by atoms with Crippen molar-refractivity contribution in [3.05, 3.63) is 246 Å². The van der Waals surface area contributed by atoms with E-state index in [1.807, 2.05) is 12.1 Å². The standard InChI is InChI=1S/C57H37NO/c1-2-13-38(14-3-1)39-27-31-43(32-28-39)58(44-33-29-40(30-34-44)46-19-12-20-50-49-18-7-11-24-55(49)59-56(46)50)45-35-36-48-47-17-6-10-23-53(47)57(54(48)37-45)51-21-8-4-15-41(51)25-26-42-16-5-9-22-52(42)57/h1-37H. The summed E-state index contributed by atoms with van der Waals surface area (Å²) in [7, 11) is 0. The number of anilines is 3. The van der Waals surface area contributed by atoms with Gasteiger partial charge in [-0.1, -0.05) is 182 Å². The van der Waals surface area contributed by atoms with E-state index in [0.717, 1.165) is 50.1 Å². The zero-order valence-corrected chi connectivity index (χ0v) is 32.2. The van der Waals surface area contributed by atoms with Crippen molar-refractivity contribution in [3.8, 4) is 33.4 Å². The lowest BCUT2D eigenvalue weighted by molar-refractivity contribution is 0.670. The second-order valence-corrected chi connectivity index (χ2v) is 15.6. The lowest BCUT2D eigenvalue weighted by atomic mass is 9.66. The van der Waals surface area contributed by atoms with Crippen LogP contribution in [0.25, 0.3) is 67.5 Å². The summed E-state index contributed by atoms with van der Waals surface area (Å²) in [5, 5.41) is 2.27. The van der Waals surface area contributed by atoms with E-state index in [4.69, 9.17) is 4.42 Å². The first-order valence-corrected chi connectivity index (χ1v) is 20.3. The Morgan fingerprint density at radius 1 is 0.339 bits per heavy atom. The van der Waals surface area contributed by atoms with Gasteiger partial charge in [0.25, 0.3) is 0 Å². The van der Waals surface area contributed by atoms with Gasteiger partial charge in [-0.2, -0.15) is 0 Å². The van der Waals surface area contributed by atoms with E-state index in [0.29, 0.717) is 0 Å². The molecule has 0 fully saturated rings. The predicted molar refractivity (Wildman–Crippen MR) is 246 cm³/mol. The quantitative estimate of drug-likeness (QED) is 0.174. The van der Waals surface area contributed by atoms with E-state index < -0.39 is 5.41 Å². The van der Waals surface area contributed by atoms with Crippen molar-refractivity contribution in [2.24, 2.45) is 0 Å². The van der Waals surface area contributed by atoms with E-state index in [2.05, 4.69) is 217 Å². The fourth-order valence-electron chi connectivity index (χ4n) is 9.92. The molecule has 2 aliphatic carbocycles. The SMILES string of the molecule is C1=Cc2ccccc2C2(c3ccccc31)c1ccccc1-c1ccc(N(c3ccc(-c4ccccc4)cc3)c3ccc(-c4cccc5c4oc4ccccc45)cc3)cc12. The lowest BCUT2D eigenvalue weighted by Crippen LogP contribution is -2.30. The van der Waals surface area contributed by atoms with Crippen molar-refractivity contribution in [1.29, 1.82) is 0 Å². The zero-order chi connectivity index (χ0) is 38.9. The van der Waals surface area contributed by atoms with Crippen LogP contribution in [0.5, 0.6) is 0 Å². The van der Waals surface area contributed by atoms with E-state index in [9.17, 15) is 0 Å². The first-order chi connectivity index (χ1) is 29.3. The average molecular weight is 752 g/mol. The maximum Gasteiger partial charge on any atom is 0.143 e. The summed E-state index contributed by atoms with van der Waals surface area (Å²) in [6, 6.07) is 77.3. The molecule has 59 heavy (non-hydrogen) atoms. The molecule has 276 valence electrons. The monoisotopic (exact) mass is 751 g/mol. The van der Waals surface area contributed by atoms with Gasteiger partial charge in [0.05, 0.1) is 5.41 Å². The highest BCUT2D eigenvalue weighted by Crippen LogP contribution is 2.59. The molecule has 1 heterocycles. The van der Waals surface area contributed by atoms with Crippen molar-refractivity contribution < 1.29 is 4.42 Å². The summed E-state index contributed by atoms with van der Waals surface area (Å²) < 4.78 is 6.47. The highest BCUT2D eigenvalue weighted by Gasteiger charge is 2.48. The Balaban J connectivity index is 1.06. The van der Waals surface area contributed by atoms with Gasteiger partial charge in [0, 0.05) is 33.4 Å². The molecule has 0 saturated heterocycles. The minimum Gasteiger partial charge on any atom is -0.455 e. The third-order valence-corrected chi connectivity index (χ3v) is 12.5. The highest BCUT2D eigenvalue weighted by molar-refractivity contribution is 6.09. The maximum absolute atomic E-state index is 6.47. The number of fused-ring (bicyclic) bond motifs is 12. The van der Waals surface area contributed by atoms with Gasteiger partial charge in [-0.25, -0.2) is 0 Å². The molecule has 1 spiro atoms. The maximum atomic E-state index is 6.47. The second-order valence-electron chi connectivity index (χ2n) is 15.6. The van der Waals surface area contributed by atoms with Crippen molar-refractivity contribution >= 4 is 51.2 Å². The lowest BCUT2D eigenvalue weighted by Gasteiger charge is -2.36. The second kappa shape index (κ2) is 13.2. The third kappa shape index (κ3) is 5.06. The van der Waals surface area contributed by atoms with E-state index in [-0.39, 0.29) is 0 Å². The largest absolute Gasteiger partial charge is 0.455 e. The van der Waals surface area contributed by atoms with Crippen LogP contribution in [0, 0.1) is 0 Å². The van der Waals surface area contributed by atoms with E-state index in [1.54, 1.807) is 0 Å². The van der Waals surface area contributed by atoms with Crippen LogP contribution in [0.2, 0.25) is 0 Å². The summed E-state index contributed by atoms with van der Waals surface area (Å²) in [5.74, 6) is 0. The van der Waals surface area contributed by atoms with Gasteiger partial charge in [0.2, 0.25) is 0 Å². The van der Waals surface area contributed by atoms with Crippen molar-refractivity contribution in [2.75, 3.05) is 4.90 Å². The number of furan rings is 1. The summed E-state index contributed by atoms with van der Waals surface area (Å²) in [6.45, 7) is 0. The molecule has 0 atom stereocenters. The number of nitrogens with zero attached hydrogens (tertiary/aromatic N) is 1. The highest BCUT2D eigenvalue weighted by atomic mass is 16.3. The molecule has 10 aromatic rings. The van der Waals surface area contributed by atoms with Gasteiger partial charge < -0.3 is 9.32 Å². The molecule has 1 aromatic heterocycles. The van der Waals surface area contributed by atoms with Crippen molar-refractivity contribution in [2.45, 2.75) is 5.41 Å². The van der Waals surface area contributed by atoms with Gasteiger partial charge >= 0.3 is 0 Å². The molecule has 2 heteroatoms. The first kappa shape index (κ1) is 33.5. The minimum atomic E-state index is -0.517. The number of hydrogen-bond acceptors (Lipinski definition) is 2. The Hall–Kier alpha value is -7.68. The van der Waals surface area contributed by atoms with Crippen LogP contribution in [0.1, 0.15) is 33.4 Å². The molecule has 2 aliphatic rings. The normalized spacial score (nSPS) is 13.2. The Kier molecular flexibility index (Phi) is 7.48. The summed E-state index contributed by atoms with van der Waals surface area (Å²) in [4.78, 5) is 2.41. The van der Waals surface area contributed by atoms with Gasteiger partial charge in [-0.3, -0.25) is 0 Å². The van der Waals surface area contributed by atoms with Crippen molar-refractivity contribution in [1.82, 2.24) is 0 Å². The van der Waals surface area contributed by atoms with Gasteiger partial charge in [0.1, 0.15) is 11.2 Å². The van der Waals surface area contributed by atoms with Crippen LogP contribution in [0.3, 0.4) is 0 Å². The fraction of sp³-hybridized carbons (Fsp3) is 0.0175. The van der Waals surface area contributed by atoms with Crippen molar-refractivity contribution in [3.63, 3.8) is 0 Å². The third-order valence-electron chi connectivity index (χ3n) is 12.5. The van der Waals surface area contributed by atoms with Crippen LogP contribution in [0.15, 0.2) is 217 Å². The van der Waals surface area contributed by atoms with Gasteiger partial charge in [-0.05, 0) is 104 Å². The van der Waals surface area contributed by atoms with Gasteiger partial charge in [0.15, 0.2) is 0 Å². The molecular weight excluding hydrogens is 715 g/mol. The minimum absolute atomic E-state index is 0.517. The summed E-state index contributed by atoms with van der Waals surface area (Å²) >= 11 is 0. The van der Waals surface area contributed by atoms with Crippen LogP contribution >= 0.6 is 0 Å². The molecular formula is C57H37NO. The predicted octanol–water partition coefficient (Wildman–Crippen LogP) is 15.2. The summed E-state index contributed by atoms with van der Waals surface area (Å²) in [6.07, 6.45) is 4.59. The molecule has 0 N–H and O–H groups in total. The Labute approximate surface area is 343 Å². The molecule has 0 aliphatic heterocycles. The number of hydrogen-bond donors (Lipinski definition) is 0. The van der Waals surface area contributed by atoms with Gasteiger partial charge in [-0.15, -0.1) is 0 Å². The van der Waals surface area contributed by atoms with E-state index in [1.165, 1.54) is 55.6 Å². The Morgan fingerprint density at radius 3 is 1.59 bits per heavy atom. The smallest absolute Gasteiger partial charge is 0.143 e. The van der Waals surface area contributed by atoms with Crippen LogP contribution < -0.4 is 4.90 Å². The average Bonchev–Trinajstić information content (AvgIpc) is 3.78. The van der Waals surface area contributed by atoms with Crippen LogP contribution in [0.4, 0.5) is 17.1 Å².